The fourth-order valence-corrected chi connectivity index (χ4v) is 1.17. The van der Waals surface area contributed by atoms with Gasteiger partial charge in [-0.2, -0.15) is 0 Å². The van der Waals surface area contributed by atoms with E-state index in [0.29, 0.717) is 12.4 Å². The number of hydrogen-bond acceptors (Lipinski definition) is 3. The maximum Gasteiger partial charge on any atom is 0.323 e. The quantitative estimate of drug-likeness (QED) is 0.349. The van der Waals surface area contributed by atoms with Crippen LogP contribution in [0.2, 0.25) is 0 Å². The molecule has 6 heteroatoms. The number of carboxylic acids is 1. The summed E-state index contributed by atoms with van der Waals surface area (Å²) in [5, 5.41) is 8.86. The van der Waals surface area contributed by atoms with Gasteiger partial charge in [0.15, 0.2) is 0 Å². The van der Waals surface area contributed by atoms with E-state index in [9.17, 15) is 9.18 Å². The fourth-order valence-electron chi connectivity index (χ4n) is 1.17. The molecule has 5 N–H and O–H groups in total. The molecular formula is C11H20FN3O2. The van der Waals surface area contributed by atoms with Crippen LogP contribution in [0, 0.1) is 5.92 Å². The maximum absolute atomic E-state index is 12.7. The van der Waals surface area contributed by atoms with Crippen LogP contribution in [0.5, 0.6) is 0 Å². The van der Waals surface area contributed by atoms with Gasteiger partial charge in [0.2, 0.25) is 0 Å². The third-order valence-electron chi connectivity index (χ3n) is 2.53. The van der Waals surface area contributed by atoms with Crippen molar-refractivity contribution in [3.63, 3.8) is 0 Å². The summed E-state index contributed by atoms with van der Waals surface area (Å²) in [4.78, 5) is 14.8. The summed E-state index contributed by atoms with van der Waals surface area (Å²) in [5.41, 5.74) is 9.32. The molecule has 0 amide bonds. The van der Waals surface area contributed by atoms with E-state index in [2.05, 4.69) is 4.99 Å². The molecule has 0 saturated heterocycles. The van der Waals surface area contributed by atoms with Gasteiger partial charge >= 0.3 is 5.97 Å². The van der Waals surface area contributed by atoms with Gasteiger partial charge in [0.25, 0.3) is 0 Å². The van der Waals surface area contributed by atoms with Crippen LogP contribution in [0.25, 0.3) is 0 Å². The number of amidine groups is 1. The first-order valence-electron chi connectivity index (χ1n) is 5.32. The number of carboxylic acid groups (broad SMARTS) is 1. The zero-order chi connectivity index (χ0) is 13.5. The Hall–Kier alpha value is -1.43. The minimum Gasteiger partial charge on any atom is -0.480 e. The van der Waals surface area contributed by atoms with Crippen molar-refractivity contribution in [2.45, 2.75) is 25.8 Å². The molecule has 0 rings (SSSR count). The summed E-state index contributed by atoms with van der Waals surface area (Å²) >= 11 is 0. The molecule has 0 aromatic rings. The molecule has 0 aliphatic carbocycles. The van der Waals surface area contributed by atoms with Crippen molar-refractivity contribution in [3.8, 4) is 0 Å². The lowest BCUT2D eigenvalue weighted by molar-refractivity contribution is -0.145. The minimum atomic E-state index is -1.56. The monoisotopic (exact) mass is 245 g/mol. The Morgan fingerprint density at radius 1 is 1.59 bits per heavy atom. The van der Waals surface area contributed by atoms with Crippen LogP contribution in [-0.4, -0.2) is 35.7 Å². The van der Waals surface area contributed by atoms with Crippen LogP contribution in [0.1, 0.15) is 20.3 Å². The van der Waals surface area contributed by atoms with Crippen LogP contribution in [-0.2, 0) is 4.79 Å². The van der Waals surface area contributed by atoms with E-state index in [1.165, 1.54) is 6.92 Å². The van der Waals surface area contributed by atoms with E-state index < -0.39 is 24.1 Å². The predicted octanol–water partition coefficient (Wildman–Crippen LogP) is 0.698. The van der Waals surface area contributed by atoms with Crippen LogP contribution >= 0.6 is 0 Å². The first kappa shape index (κ1) is 15.6. The van der Waals surface area contributed by atoms with Gasteiger partial charge in [-0.25, -0.2) is 0 Å². The third kappa shape index (κ3) is 5.44. The van der Waals surface area contributed by atoms with E-state index in [1.54, 1.807) is 19.1 Å². The van der Waals surface area contributed by atoms with Gasteiger partial charge in [-0.1, -0.05) is 12.2 Å². The lowest BCUT2D eigenvalue weighted by Crippen LogP contribution is -2.52. The van der Waals surface area contributed by atoms with Crippen molar-refractivity contribution in [2.75, 3.05) is 13.2 Å². The zero-order valence-corrected chi connectivity index (χ0v) is 10.2. The highest BCUT2D eigenvalue weighted by atomic mass is 19.1. The largest absolute Gasteiger partial charge is 0.480 e. The third-order valence-corrected chi connectivity index (χ3v) is 2.53. The van der Waals surface area contributed by atoms with Gasteiger partial charge in [-0.15, -0.1) is 0 Å². The average Bonchev–Trinajstić information content (AvgIpc) is 2.22. The van der Waals surface area contributed by atoms with E-state index in [-0.39, 0.29) is 6.42 Å². The van der Waals surface area contributed by atoms with Gasteiger partial charge < -0.3 is 16.6 Å². The highest BCUT2D eigenvalue weighted by Gasteiger charge is 2.36. The van der Waals surface area contributed by atoms with Crippen molar-refractivity contribution in [2.24, 2.45) is 22.4 Å². The molecule has 0 aromatic heterocycles. The molecular weight excluding hydrogens is 225 g/mol. The summed E-state index contributed by atoms with van der Waals surface area (Å²) in [5.74, 6) is -1.49. The molecule has 98 valence electrons. The molecule has 0 heterocycles. The van der Waals surface area contributed by atoms with E-state index in [4.69, 9.17) is 16.6 Å². The number of aliphatic imine (C=N–C) groups is 1. The Morgan fingerprint density at radius 3 is 2.59 bits per heavy atom. The molecule has 0 bridgehead atoms. The van der Waals surface area contributed by atoms with Crippen LogP contribution < -0.4 is 11.5 Å². The van der Waals surface area contributed by atoms with Crippen molar-refractivity contribution >= 4 is 11.8 Å². The number of nitrogens with two attached hydrogens (primary N) is 2. The molecule has 5 nitrogen and oxygen atoms in total. The Morgan fingerprint density at radius 2 is 2.18 bits per heavy atom. The molecule has 0 fully saturated rings. The summed E-state index contributed by atoms with van der Waals surface area (Å²) in [6, 6.07) is 0. The maximum atomic E-state index is 12.7. The average molecular weight is 245 g/mol. The van der Waals surface area contributed by atoms with Gasteiger partial charge in [0.05, 0.1) is 19.1 Å². The lowest BCUT2D eigenvalue weighted by atomic mass is 9.85. The lowest BCUT2D eigenvalue weighted by Gasteiger charge is -2.26. The smallest absolute Gasteiger partial charge is 0.323 e. The molecule has 2 atom stereocenters. The van der Waals surface area contributed by atoms with Crippen molar-refractivity contribution in [3.05, 3.63) is 12.2 Å². The Kier molecular flexibility index (Phi) is 6.42. The predicted molar refractivity (Wildman–Crippen MR) is 65.6 cm³/mol. The zero-order valence-electron chi connectivity index (χ0n) is 10.2. The number of carbonyl (C=O) groups is 1. The SMILES string of the molecule is CC(N)=NC/C=C/CC(CF)[C@](C)(N)C(=O)O. The second-order valence-corrected chi connectivity index (χ2v) is 4.13. The van der Waals surface area contributed by atoms with E-state index >= 15 is 0 Å². The number of allylic oxidation sites excluding steroid dienone is 1. The topological polar surface area (TPSA) is 102 Å². The van der Waals surface area contributed by atoms with Crippen molar-refractivity contribution in [1.29, 1.82) is 0 Å². The summed E-state index contributed by atoms with van der Waals surface area (Å²) < 4.78 is 12.7. The van der Waals surface area contributed by atoms with E-state index in [0.717, 1.165) is 0 Å². The molecule has 0 spiro atoms. The highest BCUT2D eigenvalue weighted by Crippen LogP contribution is 2.19. The molecule has 0 radical (unpaired) electrons. The molecule has 0 aliphatic heterocycles. The first-order chi connectivity index (χ1) is 7.82. The number of halogens is 1. The normalized spacial score (nSPS) is 18.0. The molecule has 0 saturated carbocycles. The van der Waals surface area contributed by atoms with Crippen LogP contribution in [0.4, 0.5) is 4.39 Å². The Bertz CT molecular complexity index is 310. The van der Waals surface area contributed by atoms with Crippen LogP contribution in [0.15, 0.2) is 17.1 Å². The number of nitrogens with zero attached hydrogens (tertiary/aromatic N) is 1. The number of aliphatic carboxylic acids is 1. The summed E-state index contributed by atoms with van der Waals surface area (Å²) in [6.45, 7) is 2.60. The van der Waals surface area contributed by atoms with Gasteiger partial charge in [-0.3, -0.25) is 14.2 Å². The molecule has 0 aliphatic rings. The number of rotatable bonds is 7. The first-order valence-corrected chi connectivity index (χ1v) is 5.32. The second kappa shape index (κ2) is 7.01. The van der Waals surface area contributed by atoms with Gasteiger partial charge in [0.1, 0.15) is 5.54 Å². The molecule has 17 heavy (non-hydrogen) atoms. The Balaban J connectivity index is 4.33. The number of hydrogen-bond donors (Lipinski definition) is 3. The van der Waals surface area contributed by atoms with Crippen molar-refractivity contribution in [1.82, 2.24) is 0 Å². The van der Waals surface area contributed by atoms with Gasteiger partial charge in [0, 0.05) is 5.92 Å². The highest BCUT2D eigenvalue weighted by molar-refractivity contribution is 5.78. The summed E-state index contributed by atoms with van der Waals surface area (Å²) in [6.07, 6.45) is 3.64. The standard InChI is InChI=1S/C11H20FN3O2/c1-8(13)15-6-4-3-5-9(7-12)11(2,14)10(16)17/h3-4,9H,5-7,14H2,1-2H3,(H2,13,15)(H,16,17)/b4-3+/t9?,11-/m0/s1. The minimum absolute atomic E-state index is 0.259. The number of alkyl halides is 1. The Labute approximate surface area is 100 Å². The van der Waals surface area contributed by atoms with E-state index in [1.807, 2.05) is 0 Å². The molecule has 0 aromatic carbocycles. The fraction of sp³-hybridized carbons (Fsp3) is 0.636. The summed E-state index contributed by atoms with van der Waals surface area (Å²) in [7, 11) is 0. The van der Waals surface area contributed by atoms with Gasteiger partial charge in [-0.05, 0) is 20.3 Å². The second-order valence-electron chi connectivity index (χ2n) is 4.13. The molecule has 1 unspecified atom stereocenters. The van der Waals surface area contributed by atoms with Crippen LogP contribution in [0.3, 0.4) is 0 Å². The van der Waals surface area contributed by atoms with Crippen molar-refractivity contribution < 1.29 is 14.3 Å².